The van der Waals surface area contributed by atoms with Gasteiger partial charge in [-0.2, -0.15) is 28.8 Å². The van der Waals surface area contributed by atoms with Gasteiger partial charge >= 0.3 is 0 Å². The maximum atomic E-state index is 13.9. The summed E-state index contributed by atoms with van der Waals surface area (Å²) in [6.45, 7) is 2.26. The monoisotopic (exact) mass is 717 g/mol. The highest BCUT2D eigenvalue weighted by Gasteiger charge is 2.37. The summed E-state index contributed by atoms with van der Waals surface area (Å²) in [5.74, 6) is -0.123. The van der Waals surface area contributed by atoms with Crippen molar-refractivity contribution in [3.05, 3.63) is 72.8 Å². The molecule has 0 bridgehead atoms. The number of anilines is 2. The van der Waals surface area contributed by atoms with Crippen LogP contribution >= 0.6 is 0 Å². The molecule has 0 aliphatic carbocycles. The fraction of sp³-hybridized carbons (Fsp3) is 0.500. The van der Waals surface area contributed by atoms with Crippen LogP contribution in [0.5, 0.6) is 11.5 Å². The minimum absolute atomic E-state index is 0.0716. The van der Waals surface area contributed by atoms with Crippen molar-refractivity contribution in [2.75, 3.05) is 24.0 Å². The topological polar surface area (TPSA) is 124 Å². The highest BCUT2D eigenvalue weighted by molar-refractivity contribution is 7.86. The van der Waals surface area contributed by atoms with Crippen LogP contribution in [-0.2, 0) is 14.9 Å². The van der Waals surface area contributed by atoms with Crippen molar-refractivity contribution in [3.8, 4) is 11.5 Å². The molecule has 0 saturated carbocycles. The Labute approximate surface area is 304 Å². The van der Waals surface area contributed by atoms with Crippen molar-refractivity contribution in [2.45, 2.75) is 121 Å². The fourth-order valence-electron chi connectivity index (χ4n) is 6.23. The Morgan fingerprint density at radius 3 is 1.94 bits per heavy atom. The highest BCUT2D eigenvalue weighted by atomic mass is 32.2. The molecule has 1 atom stereocenters. The smallest absolute Gasteiger partial charge is 0.298 e. The molecular weight excluding hydrogens is 663 g/mol. The van der Waals surface area contributed by atoms with E-state index < -0.39 is 27.0 Å². The molecule has 1 amide bonds. The summed E-state index contributed by atoms with van der Waals surface area (Å²) >= 11 is 0. The Hall–Kier alpha value is -4.09. The highest BCUT2D eigenvalue weighted by Crippen LogP contribution is 2.35. The van der Waals surface area contributed by atoms with E-state index in [0.29, 0.717) is 23.6 Å². The lowest BCUT2D eigenvalue weighted by atomic mass is 10.0. The molecule has 4 rings (SSSR count). The number of para-hydroxylation sites is 2. The van der Waals surface area contributed by atoms with Crippen molar-refractivity contribution in [1.82, 2.24) is 0 Å². The molecule has 0 radical (unpaired) electrons. The molecule has 0 spiro atoms. The van der Waals surface area contributed by atoms with Crippen LogP contribution in [0.4, 0.5) is 17.1 Å². The predicted molar refractivity (Wildman–Crippen MR) is 206 cm³/mol. The summed E-state index contributed by atoms with van der Waals surface area (Å²) < 4.78 is 40.7. The SMILES string of the molecule is CCCCCCCCCCCCCCCCCC1=NN(c2ccc(Oc3ccccc3)c(S(=O)(=O)O)c2)C(=O)C1/N=N/c1ccccc1N(C)C. The number of carbonyl (C=O) groups excluding carboxylic acids is 1. The maximum absolute atomic E-state index is 13.9. The van der Waals surface area contributed by atoms with E-state index in [1.54, 1.807) is 36.4 Å². The molecule has 0 aromatic heterocycles. The molecule has 1 aliphatic rings. The summed E-state index contributed by atoms with van der Waals surface area (Å²) in [6, 6.07) is 19.4. The number of benzene rings is 3. The minimum Gasteiger partial charge on any atom is -0.456 e. The molecule has 1 aliphatic heterocycles. The average Bonchev–Trinajstić information content (AvgIpc) is 3.43. The van der Waals surface area contributed by atoms with Crippen LogP contribution in [0, 0.1) is 0 Å². The summed E-state index contributed by atoms with van der Waals surface area (Å²) in [7, 11) is -0.876. The number of nitrogens with zero attached hydrogens (tertiary/aromatic N) is 5. The van der Waals surface area contributed by atoms with Crippen molar-refractivity contribution in [2.24, 2.45) is 15.3 Å². The lowest BCUT2D eigenvalue weighted by Crippen LogP contribution is -2.30. The summed E-state index contributed by atoms with van der Waals surface area (Å²) in [5.41, 5.74) is 2.22. The van der Waals surface area contributed by atoms with Gasteiger partial charge in [0.2, 0.25) is 0 Å². The van der Waals surface area contributed by atoms with Crippen molar-refractivity contribution >= 4 is 38.8 Å². The summed E-state index contributed by atoms with van der Waals surface area (Å²) in [4.78, 5) is 15.3. The molecule has 3 aromatic carbocycles. The van der Waals surface area contributed by atoms with E-state index in [1.807, 2.05) is 43.3 Å². The predicted octanol–water partition coefficient (Wildman–Crippen LogP) is 10.9. The first kappa shape index (κ1) is 39.7. The number of ether oxygens (including phenoxy) is 1. The first-order chi connectivity index (χ1) is 24.7. The van der Waals surface area contributed by atoms with Crippen molar-refractivity contribution in [1.29, 1.82) is 0 Å². The zero-order valence-corrected chi connectivity index (χ0v) is 31.4. The zero-order chi connectivity index (χ0) is 36.5. The van der Waals surface area contributed by atoms with Gasteiger partial charge in [-0.15, -0.1) is 0 Å². The Morgan fingerprint density at radius 1 is 0.784 bits per heavy atom. The molecule has 0 fully saturated rings. The van der Waals surface area contributed by atoms with E-state index in [1.165, 1.54) is 89.2 Å². The van der Waals surface area contributed by atoms with E-state index in [2.05, 4.69) is 22.3 Å². The van der Waals surface area contributed by atoms with Gasteiger partial charge in [0.1, 0.15) is 22.1 Å². The number of azo groups is 1. The van der Waals surface area contributed by atoms with Crippen LogP contribution in [0.2, 0.25) is 0 Å². The number of rotatable bonds is 23. The number of hydrogen-bond donors (Lipinski definition) is 1. The van der Waals surface area contributed by atoms with Crippen LogP contribution in [-0.4, -0.2) is 44.7 Å². The van der Waals surface area contributed by atoms with Gasteiger partial charge in [-0.1, -0.05) is 127 Å². The van der Waals surface area contributed by atoms with E-state index in [4.69, 9.17) is 4.74 Å². The van der Waals surface area contributed by atoms with Gasteiger partial charge in [-0.3, -0.25) is 9.35 Å². The fourth-order valence-corrected chi connectivity index (χ4v) is 6.87. The van der Waals surface area contributed by atoms with Gasteiger partial charge < -0.3 is 9.64 Å². The van der Waals surface area contributed by atoms with Gasteiger partial charge in [0, 0.05) is 14.1 Å². The first-order valence-corrected chi connectivity index (χ1v) is 20.1. The number of unbranched alkanes of at least 4 members (excludes halogenated alkanes) is 14. The second-order valence-electron chi connectivity index (χ2n) is 13.5. The third-order valence-electron chi connectivity index (χ3n) is 9.09. The second kappa shape index (κ2) is 20.7. The lowest BCUT2D eigenvalue weighted by molar-refractivity contribution is -0.117. The van der Waals surface area contributed by atoms with Gasteiger partial charge in [-0.05, 0) is 55.3 Å². The Morgan fingerprint density at radius 2 is 1.35 bits per heavy atom. The van der Waals surface area contributed by atoms with E-state index in [0.717, 1.165) is 30.0 Å². The van der Waals surface area contributed by atoms with E-state index in [9.17, 15) is 17.8 Å². The van der Waals surface area contributed by atoms with Crippen LogP contribution in [0.25, 0.3) is 0 Å². The average molecular weight is 718 g/mol. The van der Waals surface area contributed by atoms with Crippen LogP contribution < -0.4 is 14.6 Å². The number of hydrazone groups is 1. The first-order valence-electron chi connectivity index (χ1n) is 18.6. The quantitative estimate of drug-likeness (QED) is 0.0591. The standard InChI is InChI=1S/C40H55N5O5S/c1-4-5-6-7-8-9-10-11-12-13-14-15-16-17-21-27-35-39(42-41-34-26-22-23-28-36(34)44(2)3)40(46)45(43-35)32-29-30-37(38(31-32)51(47,48)49)50-33-24-19-18-20-25-33/h18-20,22-26,28-31,39H,4-17,21,27H2,1-3H3,(H,47,48,49)/b42-41+. The number of hydrogen-bond acceptors (Lipinski definition) is 8. The van der Waals surface area contributed by atoms with Crippen LogP contribution in [0.1, 0.15) is 110 Å². The molecule has 1 N–H and O–H groups in total. The van der Waals surface area contributed by atoms with Crippen LogP contribution in [0.3, 0.4) is 0 Å². The van der Waals surface area contributed by atoms with Gasteiger partial charge in [0.15, 0.2) is 6.04 Å². The van der Waals surface area contributed by atoms with Crippen LogP contribution in [0.15, 0.2) is 93.0 Å². The van der Waals surface area contributed by atoms with Gasteiger partial charge in [-0.25, -0.2) is 0 Å². The molecule has 11 heteroatoms. The molecule has 10 nitrogen and oxygen atoms in total. The maximum Gasteiger partial charge on any atom is 0.298 e. The zero-order valence-electron chi connectivity index (χ0n) is 30.5. The lowest BCUT2D eigenvalue weighted by Gasteiger charge is -2.16. The van der Waals surface area contributed by atoms with Gasteiger partial charge in [0.25, 0.3) is 16.0 Å². The molecule has 3 aromatic rings. The van der Waals surface area contributed by atoms with Crippen molar-refractivity contribution in [3.63, 3.8) is 0 Å². The van der Waals surface area contributed by atoms with E-state index >= 15 is 0 Å². The van der Waals surface area contributed by atoms with Gasteiger partial charge in [0.05, 0.1) is 17.1 Å². The molecule has 1 unspecified atom stereocenters. The molecule has 276 valence electrons. The molecule has 51 heavy (non-hydrogen) atoms. The molecule has 1 heterocycles. The largest absolute Gasteiger partial charge is 0.456 e. The Bertz CT molecular complexity index is 1690. The molecule has 0 saturated heterocycles. The minimum atomic E-state index is -4.71. The summed E-state index contributed by atoms with van der Waals surface area (Å²) in [5, 5.41) is 14.8. The second-order valence-corrected chi connectivity index (χ2v) is 14.9. The third-order valence-corrected chi connectivity index (χ3v) is 9.96. The number of carbonyl (C=O) groups is 1. The van der Waals surface area contributed by atoms with E-state index in [-0.39, 0.29) is 11.4 Å². The summed E-state index contributed by atoms with van der Waals surface area (Å²) in [6.07, 6.45) is 19.4. The normalized spacial score (nSPS) is 14.7. The van der Waals surface area contributed by atoms with Crippen molar-refractivity contribution < 1.29 is 22.5 Å². The third kappa shape index (κ3) is 12.6. The Balaban J connectivity index is 1.39. The Kier molecular flexibility index (Phi) is 16.1. The number of amides is 1. The molecular formula is C40H55N5O5S.